The molecule has 0 aliphatic carbocycles. The van der Waals surface area contributed by atoms with Gasteiger partial charge in [0.25, 0.3) is 0 Å². The average Bonchev–Trinajstić information content (AvgIpc) is 3.20. The summed E-state index contributed by atoms with van der Waals surface area (Å²) in [5, 5.41) is 9.25. The Morgan fingerprint density at radius 1 is 1.06 bits per heavy atom. The van der Waals surface area contributed by atoms with Crippen molar-refractivity contribution in [1.82, 2.24) is 15.3 Å². The second kappa shape index (κ2) is 10.3. The third-order valence-corrected chi connectivity index (χ3v) is 5.52. The van der Waals surface area contributed by atoms with Gasteiger partial charge in [0.1, 0.15) is 11.6 Å². The Morgan fingerprint density at radius 3 is 2.53 bits per heavy atom. The molecule has 1 aromatic heterocycles. The second-order valence-electron chi connectivity index (χ2n) is 8.31. The number of halogens is 1. The number of benzene rings is 2. The van der Waals surface area contributed by atoms with Crippen molar-refractivity contribution in [3.8, 4) is 0 Å². The first kappa shape index (κ1) is 23.2. The first-order valence-corrected chi connectivity index (χ1v) is 11.1. The van der Waals surface area contributed by atoms with Gasteiger partial charge in [-0.05, 0) is 50.2 Å². The van der Waals surface area contributed by atoms with Crippen molar-refractivity contribution in [2.24, 2.45) is 5.92 Å². The summed E-state index contributed by atoms with van der Waals surface area (Å²) in [5.41, 5.74) is 3.51. The predicted octanol–water partition coefficient (Wildman–Crippen LogP) is 3.56. The zero-order chi connectivity index (χ0) is 24.1. The largest absolute Gasteiger partial charge is 0.354 e. The summed E-state index contributed by atoms with van der Waals surface area (Å²) in [5.74, 6) is -0.0140. The molecule has 0 radical (unpaired) electrons. The monoisotopic (exact) mass is 462 g/mol. The normalized spacial score (nSPS) is 15.3. The van der Waals surface area contributed by atoms with Crippen LogP contribution in [0.5, 0.6) is 0 Å². The lowest BCUT2D eigenvalue weighted by molar-refractivity contribution is -0.126. The van der Waals surface area contributed by atoms with Crippen molar-refractivity contribution < 1.29 is 14.0 Å². The van der Waals surface area contributed by atoms with Crippen LogP contribution in [0.2, 0.25) is 0 Å². The number of carbonyl (C=O) groups excluding carboxylic acids is 2. The Bertz CT molecular complexity index is 1170. The Morgan fingerprint density at radius 2 is 1.79 bits per heavy atom. The maximum absolute atomic E-state index is 13.1. The molecule has 4 rings (SSSR count). The summed E-state index contributed by atoms with van der Waals surface area (Å²) >= 11 is 0. The van der Waals surface area contributed by atoms with E-state index in [1.807, 2.05) is 44.2 Å². The van der Waals surface area contributed by atoms with Crippen LogP contribution in [0, 0.1) is 25.6 Å². The molecular formula is C25H27FN6O2. The van der Waals surface area contributed by atoms with Crippen molar-refractivity contribution in [1.29, 1.82) is 0 Å². The number of aryl methyl sites for hydroxylation is 2. The number of rotatable bonds is 8. The molecule has 34 heavy (non-hydrogen) atoms. The molecule has 3 aromatic rings. The maximum Gasteiger partial charge on any atom is 0.227 e. The molecule has 2 amide bonds. The van der Waals surface area contributed by atoms with E-state index in [4.69, 9.17) is 0 Å². The fourth-order valence-electron chi connectivity index (χ4n) is 3.75. The van der Waals surface area contributed by atoms with Gasteiger partial charge in [-0.15, -0.1) is 0 Å². The van der Waals surface area contributed by atoms with E-state index < -0.39 is 5.92 Å². The minimum atomic E-state index is -0.446. The molecule has 1 saturated heterocycles. The second-order valence-corrected chi connectivity index (χ2v) is 8.31. The average molecular weight is 463 g/mol. The van der Waals surface area contributed by atoms with E-state index in [0.29, 0.717) is 30.5 Å². The lowest BCUT2D eigenvalue weighted by Gasteiger charge is -2.16. The fraction of sp³-hybridized carbons (Fsp3) is 0.280. The molecule has 3 N–H and O–H groups in total. The van der Waals surface area contributed by atoms with Crippen molar-refractivity contribution in [3.63, 3.8) is 0 Å². The lowest BCUT2D eigenvalue weighted by Crippen LogP contribution is -2.35. The van der Waals surface area contributed by atoms with Gasteiger partial charge in [-0.2, -0.15) is 4.98 Å². The van der Waals surface area contributed by atoms with Crippen LogP contribution in [-0.2, 0) is 9.59 Å². The molecule has 0 bridgehead atoms. The number of aromatic nitrogens is 2. The molecule has 1 unspecified atom stereocenters. The van der Waals surface area contributed by atoms with Gasteiger partial charge in [0, 0.05) is 49.2 Å². The van der Waals surface area contributed by atoms with Crippen LogP contribution in [-0.4, -0.2) is 41.4 Å². The quantitative estimate of drug-likeness (QED) is 0.443. The van der Waals surface area contributed by atoms with E-state index in [2.05, 4.69) is 25.9 Å². The van der Waals surface area contributed by atoms with Crippen molar-refractivity contribution in [2.45, 2.75) is 20.3 Å². The summed E-state index contributed by atoms with van der Waals surface area (Å²) in [6.45, 7) is 4.99. The van der Waals surface area contributed by atoms with E-state index >= 15 is 0 Å². The van der Waals surface area contributed by atoms with Gasteiger partial charge < -0.3 is 20.9 Å². The van der Waals surface area contributed by atoms with Gasteiger partial charge in [-0.25, -0.2) is 9.37 Å². The summed E-state index contributed by atoms with van der Waals surface area (Å²) < 4.78 is 13.1. The third-order valence-electron chi connectivity index (χ3n) is 5.52. The van der Waals surface area contributed by atoms with Gasteiger partial charge in [-0.1, -0.05) is 17.7 Å². The zero-order valence-corrected chi connectivity index (χ0v) is 19.1. The van der Waals surface area contributed by atoms with Gasteiger partial charge in [0.2, 0.25) is 17.8 Å². The van der Waals surface area contributed by atoms with Crippen LogP contribution in [0.1, 0.15) is 17.7 Å². The third kappa shape index (κ3) is 5.86. The number of amides is 2. The number of hydrogen-bond donors (Lipinski definition) is 3. The number of anilines is 4. The van der Waals surface area contributed by atoms with Crippen molar-refractivity contribution >= 4 is 35.0 Å². The molecular weight excluding hydrogens is 435 g/mol. The molecule has 2 aromatic carbocycles. The van der Waals surface area contributed by atoms with Gasteiger partial charge in [0.05, 0.1) is 5.92 Å². The van der Waals surface area contributed by atoms with Crippen LogP contribution >= 0.6 is 0 Å². The van der Waals surface area contributed by atoms with E-state index in [0.717, 1.165) is 11.4 Å². The number of hydrogen-bond acceptors (Lipinski definition) is 6. The highest BCUT2D eigenvalue weighted by molar-refractivity contribution is 6.00. The molecule has 1 aliphatic rings. The maximum atomic E-state index is 13.1. The molecule has 1 atom stereocenters. The van der Waals surface area contributed by atoms with Crippen LogP contribution in [0.25, 0.3) is 0 Å². The molecule has 0 saturated carbocycles. The standard InChI is InChI=1S/C25H27FN6O2/c1-16-3-7-20(8-4-16)30-22-13-17(2)29-25(31-22)28-12-11-27-24(34)18-14-23(33)32(15-18)21-9-5-19(26)6-10-21/h3-10,13,18H,11-12,14-15H2,1-2H3,(H,27,34)(H2,28,29,30,31). The first-order valence-electron chi connectivity index (χ1n) is 11.1. The SMILES string of the molecule is Cc1ccc(Nc2cc(C)nc(NCCNC(=O)C3CC(=O)N(c4ccc(F)cc4)C3)n2)cc1. The Kier molecular flexibility index (Phi) is 7.01. The summed E-state index contributed by atoms with van der Waals surface area (Å²) in [7, 11) is 0. The number of nitrogens with one attached hydrogen (secondary N) is 3. The predicted molar refractivity (Wildman–Crippen MR) is 130 cm³/mol. The summed E-state index contributed by atoms with van der Waals surface area (Å²) in [6, 6.07) is 15.6. The number of nitrogens with zero attached hydrogens (tertiary/aromatic N) is 3. The minimum absolute atomic E-state index is 0.131. The van der Waals surface area contributed by atoms with Gasteiger partial charge >= 0.3 is 0 Å². The highest BCUT2D eigenvalue weighted by atomic mass is 19.1. The van der Waals surface area contributed by atoms with Crippen LogP contribution < -0.4 is 20.9 Å². The summed E-state index contributed by atoms with van der Waals surface area (Å²) in [4.78, 5) is 35.3. The summed E-state index contributed by atoms with van der Waals surface area (Å²) in [6.07, 6.45) is 0.131. The smallest absolute Gasteiger partial charge is 0.227 e. The molecule has 176 valence electrons. The fourth-order valence-corrected chi connectivity index (χ4v) is 3.75. The van der Waals surface area contributed by atoms with Crippen LogP contribution in [0.4, 0.5) is 27.5 Å². The van der Waals surface area contributed by atoms with Crippen molar-refractivity contribution in [3.05, 3.63) is 71.7 Å². The Hall–Kier alpha value is -4.01. The zero-order valence-electron chi connectivity index (χ0n) is 19.1. The minimum Gasteiger partial charge on any atom is -0.354 e. The number of carbonyl (C=O) groups is 2. The Labute approximate surface area is 197 Å². The molecule has 8 nitrogen and oxygen atoms in total. The van der Waals surface area contributed by atoms with E-state index in [9.17, 15) is 14.0 Å². The Balaban J connectivity index is 1.26. The van der Waals surface area contributed by atoms with Crippen LogP contribution in [0.15, 0.2) is 54.6 Å². The first-order chi connectivity index (χ1) is 16.4. The molecule has 9 heteroatoms. The molecule has 2 heterocycles. The lowest BCUT2D eigenvalue weighted by atomic mass is 10.1. The van der Waals surface area contributed by atoms with E-state index in [1.165, 1.54) is 22.6 Å². The van der Waals surface area contributed by atoms with Gasteiger partial charge in [0.15, 0.2) is 0 Å². The van der Waals surface area contributed by atoms with E-state index in [-0.39, 0.29) is 30.6 Å². The highest BCUT2D eigenvalue weighted by Gasteiger charge is 2.34. The molecule has 1 fully saturated rings. The van der Waals surface area contributed by atoms with Crippen molar-refractivity contribution in [2.75, 3.05) is 35.2 Å². The van der Waals surface area contributed by atoms with E-state index in [1.54, 1.807) is 12.1 Å². The topological polar surface area (TPSA) is 99.2 Å². The van der Waals surface area contributed by atoms with Gasteiger partial charge in [-0.3, -0.25) is 9.59 Å². The molecule has 1 aliphatic heterocycles. The van der Waals surface area contributed by atoms with Crippen LogP contribution in [0.3, 0.4) is 0 Å². The molecule has 0 spiro atoms. The highest BCUT2D eigenvalue weighted by Crippen LogP contribution is 2.25.